The molecule has 0 bridgehead atoms. The predicted octanol–water partition coefficient (Wildman–Crippen LogP) is 4.91. The molecule has 0 aliphatic rings. The molecule has 3 rings (SSSR count). The molecule has 3 aromatic rings. The summed E-state index contributed by atoms with van der Waals surface area (Å²) >= 11 is 0. The molecule has 0 saturated carbocycles. The predicted molar refractivity (Wildman–Crippen MR) is 131 cm³/mol. The Labute approximate surface area is 200 Å². The molecule has 1 unspecified atom stereocenters. The molecule has 1 N–H and O–H groups in total. The Balaban J connectivity index is 1.88. The molecule has 3 aromatic carbocycles. The van der Waals surface area contributed by atoms with Crippen molar-refractivity contribution in [2.24, 2.45) is 0 Å². The number of aryl methyl sites for hydroxylation is 2. The summed E-state index contributed by atoms with van der Waals surface area (Å²) in [4.78, 5) is 13.0. The molecule has 180 valence electrons. The molecule has 8 heteroatoms. The molecular weight excluding hydrogens is 455 g/mol. The lowest BCUT2D eigenvalue weighted by Gasteiger charge is -2.25. The second-order valence-corrected chi connectivity index (χ2v) is 9.90. The van der Waals surface area contributed by atoms with Gasteiger partial charge in [-0.25, -0.2) is 12.8 Å². The summed E-state index contributed by atoms with van der Waals surface area (Å²) in [6, 6.07) is 16.6. The van der Waals surface area contributed by atoms with Crippen LogP contribution in [0.1, 0.15) is 36.6 Å². The van der Waals surface area contributed by atoms with Crippen LogP contribution in [0.3, 0.4) is 0 Å². The molecule has 1 atom stereocenters. The summed E-state index contributed by atoms with van der Waals surface area (Å²) in [6.45, 7) is 7.62. The van der Waals surface area contributed by atoms with E-state index in [1.807, 2.05) is 45.9 Å². The largest absolute Gasteiger partial charge is 0.494 e. The molecule has 0 aliphatic carbocycles. The fraction of sp³-hybridized carbons (Fsp3) is 0.269. The second kappa shape index (κ2) is 10.7. The van der Waals surface area contributed by atoms with E-state index in [0.29, 0.717) is 12.4 Å². The number of hydrogen-bond donors (Lipinski definition) is 1. The van der Waals surface area contributed by atoms with Gasteiger partial charge >= 0.3 is 0 Å². The van der Waals surface area contributed by atoms with Crippen molar-refractivity contribution < 1.29 is 22.3 Å². The van der Waals surface area contributed by atoms with E-state index < -0.39 is 28.3 Å². The van der Waals surface area contributed by atoms with Gasteiger partial charge in [0.2, 0.25) is 5.91 Å². The average molecular weight is 485 g/mol. The highest BCUT2D eigenvalue weighted by Gasteiger charge is 2.28. The molecule has 0 aromatic heterocycles. The van der Waals surface area contributed by atoms with E-state index in [2.05, 4.69) is 5.32 Å². The van der Waals surface area contributed by atoms with Crippen LogP contribution < -0.4 is 14.4 Å². The minimum Gasteiger partial charge on any atom is -0.494 e. The zero-order valence-corrected chi connectivity index (χ0v) is 20.5. The lowest BCUT2D eigenvalue weighted by atomic mass is 10.0. The summed E-state index contributed by atoms with van der Waals surface area (Å²) < 4.78 is 46.8. The van der Waals surface area contributed by atoms with Crippen LogP contribution in [0.2, 0.25) is 0 Å². The van der Waals surface area contributed by atoms with E-state index in [1.54, 1.807) is 12.1 Å². The number of ether oxygens (including phenoxy) is 1. The molecule has 34 heavy (non-hydrogen) atoms. The van der Waals surface area contributed by atoms with E-state index in [1.165, 1.54) is 24.3 Å². The minimum atomic E-state index is -4.11. The normalized spacial score (nSPS) is 12.1. The number of carbonyl (C=O) groups excluding carboxylic acids is 1. The van der Waals surface area contributed by atoms with Crippen LogP contribution in [0.15, 0.2) is 71.6 Å². The number of rotatable bonds is 9. The van der Waals surface area contributed by atoms with Gasteiger partial charge in [0.1, 0.15) is 18.1 Å². The van der Waals surface area contributed by atoms with Gasteiger partial charge < -0.3 is 10.1 Å². The number of carbonyl (C=O) groups is 1. The quantitative estimate of drug-likeness (QED) is 0.468. The van der Waals surface area contributed by atoms with E-state index in [0.717, 1.165) is 33.1 Å². The van der Waals surface area contributed by atoms with Crippen molar-refractivity contribution in [3.63, 3.8) is 0 Å². The first-order valence-electron chi connectivity index (χ1n) is 11.0. The van der Waals surface area contributed by atoms with Crippen LogP contribution in [0.4, 0.5) is 10.1 Å². The van der Waals surface area contributed by atoms with Crippen LogP contribution in [0.5, 0.6) is 5.75 Å². The smallest absolute Gasteiger partial charge is 0.264 e. The van der Waals surface area contributed by atoms with Gasteiger partial charge in [-0.15, -0.1) is 0 Å². The summed E-state index contributed by atoms with van der Waals surface area (Å²) in [5.41, 5.74) is 3.28. The number of nitrogens with one attached hydrogen (secondary N) is 1. The summed E-state index contributed by atoms with van der Waals surface area (Å²) in [7, 11) is -4.11. The van der Waals surface area contributed by atoms with Crippen molar-refractivity contribution >= 4 is 21.6 Å². The lowest BCUT2D eigenvalue weighted by molar-refractivity contribution is -0.120. The zero-order valence-electron chi connectivity index (χ0n) is 19.7. The number of anilines is 1. The maximum atomic E-state index is 13.5. The van der Waals surface area contributed by atoms with E-state index >= 15 is 0 Å². The maximum absolute atomic E-state index is 13.5. The Morgan fingerprint density at radius 3 is 2.26 bits per heavy atom. The second-order valence-electron chi connectivity index (χ2n) is 8.04. The Morgan fingerprint density at radius 2 is 1.68 bits per heavy atom. The highest BCUT2D eigenvalue weighted by Crippen LogP contribution is 2.26. The third-order valence-corrected chi connectivity index (χ3v) is 7.18. The van der Waals surface area contributed by atoms with Gasteiger partial charge in [0.15, 0.2) is 0 Å². The molecule has 0 heterocycles. The van der Waals surface area contributed by atoms with Gasteiger partial charge in [-0.2, -0.15) is 0 Å². The van der Waals surface area contributed by atoms with Crippen LogP contribution in [0.25, 0.3) is 0 Å². The number of sulfonamides is 1. The zero-order chi connectivity index (χ0) is 24.9. The maximum Gasteiger partial charge on any atom is 0.264 e. The molecule has 0 fully saturated rings. The van der Waals surface area contributed by atoms with Gasteiger partial charge in [0.05, 0.1) is 23.2 Å². The van der Waals surface area contributed by atoms with Crippen LogP contribution in [-0.4, -0.2) is 27.5 Å². The first-order chi connectivity index (χ1) is 16.1. The number of amides is 1. The fourth-order valence-corrected chi connectivity index (χ4v) is 5.15. The molecule has 0 radical (unpaired) electrons. The number of nitrogens with zero attached hydrogens (tertiary/aromatic N) is 1. The van der Waals surface area contributed by atoms with Crippen molar-refractivity contribution in [2.75, 3.05) is 17.5 Å². The average Bonchev–Trinajstić information content (AvgIpc) is 2.78. The third-order valence-electron chi connectivity index (χ3n) is 5.39. The molecule has 0 aliphatic heterocycles. The Morgan fingerprint density at radius 1 is 1.03 bits per heavy atom. The molecule has 0 saturated heterocycles. The van der Waals surface area contributed by atoms with Gasteiger partial charge in [-0.1, -0.05) is 23.8 Å². The molecule has 6 nitrogen and oxygen atoms in total. The van der Waals surface area contributed by atoms with E-state index in [4.69, 9.17) is 4.74 Å². The summed E-state index contributed by atoms with van der Waals surface area (Å²) in [5, 5.41) is 2.88. The summed E-state index contributed by atoms with van der Waals surface area (Å²) in [6.07, 6.45) is 0. The highest BCUT2D eigenvalue weighted by atomic mass is 32.2. The Bertz CT molecular complexity index is 1240. The highest BCUT2D eigenvalue weighted by molar-refractivity contribution is 7.92. The van der Waals surface area contributed by atoms with Crippen molar-refractivity contribution in [2.45, 2.75) is 38.6 Å². The van der Waals surface area contributed by atoms with Crippen LogP contribution >= 0.6 is 0 Å². The van der Waals surface area contributed by atoms with Gasteiger partial charge in [0, 0.05) is 0 Å². The first kappa shape index (κ1) is 25.2. The minimum absolute atomic E-state index is 0.00416. The van der Waals surface area contributed by atoms with E-state index in [9.17, 15) is 17.6 Å². The van der Waals surface area contributed by atoms with Crippen molar-refractivity contribution in [3.05, 3.63) is 89.2 Å². The number of halogens is 1. The summed E-state index contributed by atoms with van der Waals surface area (Å²) in [5.74, 6) is -0.448. The number of benzene rings is 3. The lowest BCUT2D eigenvalue weighted by Crippen LogP contribution is -2.41. The van der Waals surface area contributed by atoms with Gasteiger partial charge in [-0.05, 0) is 87.4 Å². The van der Waals surface area contributed by atoms with Crippen molar-refractivity contribution in [3.8, 4) is 5.75 Å². The molecule has 0 spiro atoms. The fourth-order valence-electron chi connectivity index (χ4n) is 3.73. The Kier molecular flexibility index (Phi) is 7.94. The molecule has 1 amide bonds. The van der Waals surface area contributed by atoms with Crippen LogP contribution in [0, 0.1) is 19.7 Å². The van der Waals surface area contributed by atoms with Gasteiger partial charge in [-0.3, -0.25) is 9.10 Å². The van der Waals surface area contributed by atoms with Gasteiger partial charge in [0.25, 0.3) is 10.0 Å². The van der Waals surface area contributed by atoms with Crippen molar-refractivity contribution in [1.82, 2.24) is 5.32 Å². The Hall–Kier alpha value is -3.39. The topological polar surface area (TPSA) is 75.7 Å². The standard InChI is InChI=1S/C26H29FN2O4S/c1-5-33-23-11-13-24(14-12-23)34(31,32)29(22-9-7-21(27)8-10-22)17-26(30)28-20(4)25-15-6-18(2)16-19(25)3/h6-16,20H,5,17H2,1-4H3,(H,28,30). The number of hydrogen-bond acceptors (Lipinski definition) is 4. The van der Waals surface area contributed by atoms with Crippen molar-refractivity contribution in [1.29, 1.82) is 0 Å². The monoisotopic (exact) mass is 484 g/mol. The van der Waals surface area contributed by atoms with E-state index in [-0.39, 0.29) is 16.6 Å². The first-order valence-corrected chi connectivity index (χ1v) is 12.4. The van der Waals surface area contributed by atoms with Crippen LogP contribution in [-0.2, 0) is 14.8 Å². The third kappa shape index (κ3) is 5.94. The molecular formula is C26H29FN2O4S. The SMILES string of the molecule is CCOc1ccc(S(=O)(=O)N(CC(=O)NC(C)c2ccc(C)cc2C)c2ccc(F)cc2)cc1.